The Bertz CT molecular complexity index is 15.8. The first-order valence-corrected chi connectivity index (χ1v) is 2.57. The van der Waals surface area contributed by atoms with Gasteiger partial charge in [0.1, 0.15) is 0 Å². The molecule has 0 unspecified atom stereocenters. The van der Waals surface area contributed by atoms with Crippen LogP contribution in [0.1, 0.15) is 27.7 Å². The molecule has 0 aliphatic carbocycles. The van der Waals surface area contributed by atoms with E-state index < -0.39 is 0 Å². The molecule has 0 atom stereocenters. The van der Waals surface area contributed by atoms with E-state index in [9.17, 15) is 0 Å². The van der Waals surface area contributed by atoms with Crippen LogP contribution in [0.3, 0.4) is 0 Å². The predicted molar refractivity (Wildman–Crippen MR) is 42.9 cm³/mol. The van der Waals surface area contributed by atoms with Crippen molar-refractivity contribution in [2.24, 2.45) is 11.5 Å². The van der Waals surface area contributed by atoms with E-state index in [0.717, 1.165) is 0 Å². The summed E-state index contributed by atoms with van der Waals surface area (Å²) in [4.78, 5) is 0. The normalized spacial score (nSPS) is 2.73. The molecule has 4 N–H and O–H groups in total. The van der Waals surface area contributed by atoms with Gasteiger partial charge in [-0.05, 0) is 14.1 Å². The van der Waals surface area contributed by atoms with Crippen LogP contribution in [0, 0.1) is 0 Å². The van der Waals surface area contributed by atoms with Gasteiger partial charge in [-0.15, -0.1) is 0 Å². The monoisotopic (exact) mass is 674 g/mol. The van der Waals surface area contributed by atoms with Crippen molar-refractivity contribution < 1.29 is 63.2 Å². The molecule has 0 fully saturated rings. The molecule has 0 aliphatic rings. The van der Waals surface area contributed by atoms with Crippen molar-refractivity contribution >= 4 is 0 Å². The van der Waals surface area contributed by atoms with E-state index in [2.05, 4.69) is 25.3 Å². The van der Waals surface area contributed by atoms with E-state index in [1.807, 2.05) is 0 Å². The van der Waals surface area contributed by atoms with Crippen LogP contribution < -0.4 is 11.5 Å². The first kappa shape index (κ1) is 52.1. The standard InChI is InChI=1S/C3H8.2CH5N.CH4.3W/c1-3-2;2*1-2;;;;/h3H2,1-2H3;2*2H2,1H3;1H4;;;. The number of hydrogen-bond acceptors (Lipinski definition) is 2. The van der Waals surface area contributed by atoms with Gasteiger partial charge in [0.2, 0.25) is 0 Å². The Hall–Kier alpha value is 1.98. The molecule has 0 saturated heterocycles. The minimum absolute atomic E-state index is 0. The quantitative estimate of drug-likeness (QED) is 0.407. The van der Waals surface area contributed by atoms with E-state index in [1.54, 1.807) is 0 Å². The van der Waals surface area contributed by atoms with Crippen LogP contribution in [-0.4, -0.2) is 14.1 Å². The molecule has 0 saturated carbocycles. The SMILES string of the molecule is C.CCC.CN.CN.[W].[W].[W]. The molecule has 0 heterocycles. The van der Waals surface area contributed by atoms with Crippen molar-refractivity contribution in [3.63, 3.8) is 0 Å². The summed E-state index contributed by atoms with van der Waals surface area (Å²) in [5, 5.41) is 0. The maximum atomic E-state index is 4.50. The third kappa shape index (κ3) is 303. The second kappa shape index (κ2) is 162. The van der Waals surface area contributed by atoms with E-state index in [4.69, 9.17) is 0 Å². The van der Waals surface area contributed by atoms with Crippen molar-refractivity contribution in [3.8, 4) is 0 Å². The van der Waals surface area contributed by atoms with Gasteiger partial charge in [0, 0.05) is 63.2 Å². The summed E-state index contributed by atoms with van der Waals surface area (Å²) in [7, 11) is 3.00. The van der Waals surface area contributed by atoms with Crippen molar-refractivity contribution in [2.45, 2.75) is 27.7 Å². The molecule has 0 rings (SSSR count). The molecule has 0 aromatic rings. The third-order valence-electron chi connectivity index (χ3n) is 0. The van der Waals surface area contributed by atoms with Crippen LogP contribution in [0.25, 0.3) is 0 Å². The van der Waals surface area contributed by atoms with Crippen LogP contribution in [0.4, 0.5) is 0 Å². The van der Waals surface area contributed by atoms with Gasteiger partial charge in [0.05, 0.1) is 0 Å². The Labute approximate surface area is 115 Å². The Kier molecular flexibility index (Phi) is 768. The smallest absolute Gasteiger partial charge is 0 e. The average molecular weight is 674 g/mol. The van der Waals surface area contributed by atoms with Gasteiger partial charge >= 0.3 is 0 Å². The number of nitrogens with two attached hydrogens (primary N) is 2. The molecule has 0 aromatic carbocycles. The Morgan fingerprint density at radius 3 is 0.727 bits per heavy atom. The fraction of sp³-hybridized carbons (Fsp3) is 1.00. The van der Waals surface area contributed by atoms with Gasteiger partial charge in [0.25, 0.3) is 0 Å². The van der Waals surface area contributed by atoms with Crippen LogP contribution in [-0.2, 0) is 63.2 Å². The summed E-state index contributed by atoms with van der Waals surface area (Å²) in [5.41, 5.74) is 9.00. The first-order valence-electron chi connectivity index (χ1n) is 2.57. The summed E-state index contributed by atoms with van der Waals surface area (Å²) >= 11 is 0. The van der Waals surface area contributed by atoms with Crippen LogP contribution >= 0.6 is 0 Å². The van der Waals surface area contributed by atoms with Crippen molar-refractivity contribution in [1.29, 1.82) is 0 Å². The maximum absolute atomic E-state index is 4.50. The molecular formula is C6H22N2W3. The molecule has 0 aliphatic heterocycles. The first-order chi connectivity index (χ1) is 3.41. The van der Waals surface area contributed by atoms with E-state index >= 15 is 0 Å². The van der Waals surface area contributed by atoms with Crippen molar-refractivity contribution in [2.75, 3.05) is 14.1 Å². The third-order valence-corrected chi connectivity index (χ3v) is 0. The number of rotatable bonds is 0. The molecule has 0 bridgehead atoms. The minimum Gasteiger partial charge on any atom is -0.333 e. The second-order valence-electron chi connectivity index (χ2n) is 0.707. The molecule has 0 amide bonds. The maximum Gasteiger partial charge on any atom is 0 e. The zero-order chi connectivity index (χ0) is 6.71. The van der Waals surface area contributed by atoms with Crippen LogP contribution in [0.2, 0.25) is 0 Å². The Morgan fingerprint density at radius 1 is 0.727 bits per heavy atom. The summed E-state index contributed by atoms with van der Waals surface area (Å²) in [6.45, 7) is 4.25. The largest absolute Gasteiger partial charge is 0.333 e. The molecule has 11 heavy (non-hydrogen) atoms. The molecule has 0 radical (unpaired) electrons. The predicted octanol–water partition coefficient (Wildman–Crippen LogP) is 1.19. The van der Waals surface area contributed by atoms with E-state index in [0.29, 0.717) is 0 Å². The summed E-state index contributed by atoms with van der Waals surface area (Å²) in [6, 6.07) is 0. The van der Waals surface area contributed by atoms with Crippen molar-refractivity contribution in [3.05, 3.63) is 0 Å². The van der Waals surface area contributed by atoms with Gasteiger partial charge < -0.3 is 11.5 Å². The van der Waals surface area contributed by atoms with Gasteiger partial charge in [-0.2, -0.15) is 0 Å². The molecule has 0 spiro atoms. The summed E-state index contributed by atoms with van der Waals surface area (Å²) < 4.78 is 0. The molecular weight excluding hydrogens is 652 g/mol. The average Bonchev–Trinajstić information content (AvgIpc) is 1.78. The molecule has 2 nitrogen and oxygen atoms in total. The van der Waals surface area contributed by atoms with Gasteiger partial charge in [-0.25, -0.2) is 0 Å². The van der Waals surface area contributed by atoms with Gasteiger partial charge in [-0.1, -0.05) is 27.7 Å². The molecule has 74 valence electrons. The minimum atomic E-state index is 0. The Morgan fingerprint density at radius 2 is 0.727 bits per heavy atom. The van der Waals surface area contributed by atoms with E-state index in [-0.39, 0.29) is 70.6 Å². The van der Waals surface area contributed by atoms with Gasteiger partial charge in [-0.3, -0.25) is 0 Å². The summed E-state index contributed by atoms with van der Waals surface area (Å²) in [6.07, 6.45) is 1.25. The topological polar surface area (TPSA) is 52.0 Å². The fourth-order valence-electron chi connectivity index (χ4n) is 0. The Balaban J connectivity index is -0.00000000378. The zero-order valence-corrected chi connectivity index (χ0v) is 15.9. The number of hydrogen-bond donors (Lipinski definition) is 2. The van der Waals surface area contributed by atoms with E-state index in [1.165, 1.54) is 20.5 Å². The fourth-order valence-corrected chi connectivity index (χ4v) is 0. The summed E-state index contributed by atoms with van der Waals surface area (Å²) in [5.74, 6) is 0. The van der Waals surface area contributed by atoms with Crippen LogP contribution in [0.5, 0.6) is 0 Å². The van der Waals surface area contributed by atoms with Crippen LogP contribution in [0.15, 0.2) is 0 Å². The molecule has 5 heteroatoms. The van der Waals surface area contributed by atoms with Gasteiger partial charge in [0.15, 0.2) is 0 Å². The second-order valence-corrected chi connectivity index (χ2v) is 0.707. The van der Waals surface area contributed by atoms with Crippen molar-refractivity contribution in [1.82, 2.24) is 0 Å². The molecule has 0 aromatic heterocycles. The zero-order valence-electron chi connectivity index (χ0n) is 7.09.